The van der Waals surface area contributed by atoms with E-state index in [9.17, 15) is 9.59 Å². The van der Waals surface area contributed by atoms with Gasteiger partial charge in [0.1, 0.15) is 10.7 Å². The summed E-state index contributed by atoms with van der Waals surface area (Å²) in [6.45, 7) is 3.86. The van der Waals surface area contributed by atoms with Gasteiger partial charge in [-0.25, -0.2) is 9.78 Å². The van der Waals surface area contributed by atoms with Crippen molar-refractivity contribution < 1.29 is 4.79 Å². The Morgan fingerprint density at radius 2 is 1.91 bits per heavy atom. The first-order chi connectivity index (χ1) is 15.6. The number of amides is 2. The van der Waals surface area contributed by atoms with Crippen LogP contribution >= 0.6 is 11.3 Å². The number of carbonyl (C=O) groups is 1. The molecule has 162 valence electrons. The van der Waals surface area contributed by atoms with E-state index in [0.717, 1.165) is 26.5 Å². The number of benzene rings is 2. The van der Waals surface area contributed by atoms with E-state index in [1.54, 1.807) is 4.90 Å². The fourth-order valence-electron chi connectivity index (χ4n) is 3.83. The van der Waals surface area contributed by atoms with Crippen LogP contribution in [0.4, 0.5) is 10.5 Å². The number of aromatic amines is 1. The average molecular weight is 446 g/mol. The summed E-state index contributed by atoms with van der Waals surface area (Å²) in [5, 5.41) is 6.85. The first kappa shape index (κ1) is 20.4. The van der Waals surface area contributed by atoms with E-state index in [2.05, 4.69) is 27.5 Å². The predicted molar refractivity (Wildman–Crippen MR) is 128 cm³/mol. The predicted octanol–water partition coefficient (Wildman–Crippen LogP) is 4.03. The summed E-state index contributed by atoms with van der Waals surface area (Å²) in [5.74, 6) is 0.612. The van der Waals surface area contributed by atoms with E-state index in [-0.39, 0.29) is 17.6 Å². The molecule has 1 aliphatic heterocycles. The fraction of sp³-hybridized carbons (Fsp3) is 0.208. The Morgan fingerprint density at radius 3 is 2.62 bits per heavy atom. The van der Waals surface area contributed by atoms with Gasteiger partial charge < -0.3 is 15.6 Å². The zero-order chi connectivity index (χ0) is 22.1. The van der Waals surface area contributed by atoms with Crippen LogP contribution in [0, 0.1) is 0 Å². The third-order valence-corrected chi connectivity index (χ3v) is 6.72. The Balaban J connectivity index is 1.29. The number of urea groups is 1. The molecule has 0 bridgehead atoms. The lowest BCUT2D eigenvalue weighted by Crippen LogP contribution is -2.27. The fourth-order valence-corrected chi connectivity index (χ4v) is 4.89. The molecule has 1 unspecified atom stereocenters. The van der Waals surface area contributed by atoms with E-state index in [1.807, 2.05) is 60.7 Å². The van der Waals surface area contributed by atoms with Crippen molar-refractivity contribution in [1.29, 1.82) is 0 Å². The minimum absolute atomic E-state index is 0.0562. The minimum Gasteiger partial charge on any atom is -0.336 e. The number of H-pyrrole nitrogens is 1. The molecule has 2 aromatic heterocycles. The average Bonchev–Trinajstić information content (AvgIpc) is 3.45. The second-order valence-corrected chi connectivity index (χ2v) is 8.82. The number of anilines is 1. The van der Waals surface area contributed by atoms with Crippen LogP contribution in [0.15, 0.2) is 65.5 Å². The Hall–Kier alpha value is -3.49. The van der Waals surface area contributed by atoms with Gasteiger partial charge in [-0.05, 0) is 36.2 Å². The van der Waals surface area contributed by atoms with Crippen LogP contribution in [0.5, 0.6) is 0 Å². The normalized spacial score (nSPS) is 14.7. The largest absolute Gasteiger partial charge is 0.336 e. The molecule has 0 aliphatic carbocycles. The molecule has 7 nitrogen and oxygen atoms in total. The Morgan fingerprint density at radius 1 is 1.12 bits per heavy atom. The molecule has 1 saturated heterocycles. The first-order valence-electron chi connectivity index (χ1n) is 10.6. The summed E-state index contributed by atoms with van der Waals surface area (Å²) in [6.07, 6.45) is 0. The van der Waals surface area contributed by atoms with Crippen molar-refractivity contribution in [2.24, 2.45) is 0 Å². The summed E-state index contributed by atoms with van der Waals surface area (Å²) in [5.41, 5.74) is 2.95. The first-order valence-corrected chi connectivity index (χ1v) is 11.4. The zero-order valence-corrected chi connectivity index (χ0v) is 18.4. The van der Waals surface area contributed by atoms with E-state index in [4.69, 9.17) is 0 Å². The van der Waals surface area contributed by atoms with Gasteiger partial charge in [0, 0.05) is 29.7 Å². The van der Waals surface area contributed by atoms with Crippen LogP contribution in [0.2, 0.25) is 0 Å². The van der Waals surface area contributed by atoms with Gasteiger partial charge in [-0.3, -0.25) is 9.69 Å². The van der Waals surface area contributed by atoms with Crippen LogP contribution in [-0.2, 0) is 6.54 Å². The van der Waals surface area contributed by atoms with E-state index in [0.29, 0.717) is 30.8 Å². The maximum Gasteiger partial charge on any atom is 0.321 e. The highest BCUT2D eigenvalue weighted by Gasteiger charge is 2.21. The molecule has 2 aromatic carbocycles. The van der Waals surface area contributed by atoms with E-state index in [1.165, 1.54) is 11.3 Å². The van der Waals surface area contributed by atoms with Gasteiger partial charge in [-0.1, -0.05) is 42.5 Å². The van der Waals surface area contributed by atoms with Gasteiger partial charge in [0.15, 0.2) is 0 Å². The molecule has 3 N–H and O–H groups in total. The molecule has 1 aliphatic rings. The van der Waals surface area contributed by atoms with Crippen LogP contribution in [0.25, 0.3) is 20.7 Å². The molecule has 2 amide bonds. The van der Waals surface area contributed by atoms with Crippen molar-refractivity contribution in [2.45, 2.75) is 19.5 Å². The molecular formula is C24H23N5O2S. The minimum atomic E-state index is -0.119. The third-order valence-electron chi connectivity index (χ3n) is 5.65. The molecule has 1 fully saturated rings. The number of nitrogens with zero attached hydrogens (tertiary/aromatic N) is 2. The topological polar surface area (TPSA) is 90.1 Å². The van der Waals surface area contributed by atoms with Crippen LogP contribution in [0.3, 0.4) is 0 Å². The van der Waals surface area contributed by atoms with Gasteiger partial charge in [0.25, 0.3) is 5.56 Å². The number of carbonyl (C=O) groups excluding carboxylic acids is 1. The number of thiophene rings is 1. The molecule has 32 heavy (non-hydrogen) atoms. The molecule has 0 spiro atoms. The second kappa shape index (κ2) is 8.57. The van der Waals surface area contributed by atoms with Crippen molar-refractivity contribution in [1.82, 2.24) is 20.6 Å². The monoisotopic (exact) mass is 445 g/mol. The molecular weight excluding hydrogens is 422 g/mol. The maximum atomic E-state index is 12.6. The molecule has 5 rings (SSSR count). The van der Waals surface area contributed by atoms with Crippen molar-refractivity contribution >= 4 is 33.3 Å². The highest BCUT2D eigenvalue weighted by molar-refractivity contribution is 7.21. The summed E-state index contributed by atoms with van der Waals surface area (Å²) in [6, 6.07) is 19.9. The molecule has 1 atom stereocenters. The second-order valence-electron chi connectivity index (χ2n) is 7.79. The highest BCUT2D eigenvalue weighted by atomic mass is 32.1. The standard InChI is InChI=1S/C24H23N5O2S/c1-15(16-7-9-18(10-8-16)29-12-11-25-24(29)31)26-14-21-27-22(30)19-13-20(32-23(19)28-21)17-5-3-2-4-6-17/h2-10,13,15,26H,11-12,14H2,1H3,(H,25,31)(H,27,28,30). The van der Waals surface area contributed by atoms with Crippen LogP contribution in [0.1, 0.15) is 24.4 Å². The molecule has 3 heterocycles. The number of nitrogens with one attached hydrogen (secondary N) is 3. The smallest absolute Gasteiger partial charge is 0.321 e. The molecule has 0 saturated carbocycles. The lowest BCUT2D eigenvalue weighted by Gasteiger charge is -2.17. The lowest BCUT2D eigenvalue weighted by molar-refractivity contribution is 0.252. The maximum absolute atomic E-state index is 12.6. The Labute approximate surface area is 189 Å². The van der Waals surface area contributed by atoms with Crippen molar-refractivity contribution in [2.75, 3.05) is 18.0 Å². The zero-order valence-electron chi connectivity index (χ0n) is 17.6. The van der Waals surface area contributed by atoms with Gasteiger partial charge in [0.2, 0.25) is 0 Å². The number of fused-ring (bicyclic) bond motifs is 1. The SMILES string of the molecule is CC(NCc1nc2sc(-c3ccccc3)cc2c(=O)[nH]1)c1ccc(N2CCNC2=O)cc1. The third kappa shape index (κ3) is 4.02. The number of rotatable bonds is 6. The van der Waals surface area contributed by atoms with Gasteiger partial charge in [0.05, 0.1) is 11.9 Å². The van der Waals surface area contributed by atoms with Crippen molar-refractivity contribution in [3.63, 3.8) is 0 Å². The highest BCUT2D eigenvalue weighted by Crippen LogP contribution is 2.30. The van der Waals surface area contributed by atoms with E-state index < -0.39 is 0 Å². The molecule has 8 heteroatoms. The molecule has 4 aromatic rings. The Kier molecular flexibility index (Phi) is 5.46. The summed E-state index contributed by atoms with van der Waals surface area (Å²) >= 11 is 1.53. The van der Waals surface area contributed by atoms with Gasteiger partial charge in [-0.2, -0.15) is 0 Å². The van der Waals surface area contributed by atoms with Gasteiger partial charge >= 0.3 is 6.03 Å². The summed E-state index contributed by atoms with van der Waals surface area (Å²) in [4.78, 5) is 35.5. The Bertz CT molecular complexity index is 1310. The number of hydrogen-bond donors (Lipinski definition) is 3. The van der Waals surface area contributed by atoms with Gasteiger partial charge in [-0.15, -0.1) is 11.3 Å². The molecule has 0 radical (unpaired) electrons. The van der Waals surface area contributed by atoms with Crippen LogP contribution in [-0.4, -0.2) is 29.1 Å². The van der Waals surface area contributed by atoms with Crippen molar-refractivity contribution in [3.8, 4) is 10.4 Å². The van der Waals surface area contributed by atoms with Crippen LogP contribution < -0.4 is 21.1 Å². The summed E-state index contributed by atoms with van der Waals surface area (Å²) in [7, 11) is 0. The van der Waals surface area contributed by atoms with E-state index >= 15 is 0 Å². The summed E-state index contributed by atoms with van der Waals surface area (Å²) < 4.78 is 0. The number of hydrogen-bond acceptors (Lipinski definition) is 5. The number of aromatic nitrogens is 2. The quantitative estimate of drug-likeness (QED) is 0.418. The van der Waals surface area contributed by atoms with Crippen molar-refractivity contribution in [3.05, 3.63) is 82.4 Å². The lowest BCUT2D eigenvalue weighted by atomic mass is 10.1.